The summed E-state index contributed by atoms with van der Waals surface area (Å²) in [4.78, 5) is 14.8. The second kappa shape index (κ2) is 9.50. The van der Waals surface area contributed by atoms with Crippen LogP contribution in [0.15, 0.2) is 84.9 Å². The maximum absolute atomic E-state index is 13.0. The fourth-order valence-corrected chi connectivity index (χ4v) is 9.46. The van der Waals surface area contributed by atoms with E-state index >= 15 is 0 Å². The summed E-state index contributed by atoms with van der Waals surface area (Å²) in [5.41, 5.74) is 0.606. The van der Waals surface area contributed by atoms with Crippen LogP contribution in [0.2, 0.25) is 12.1 Å². The first kappa shape index (κ1) is 20.7. The van der Waals surface area contributed by atoms with Crippen molar-refractivity contribution in [3.8, 4) is 0 Å². The Kier molecular flexibility index (Phi) is 6.55. The van der Waals surface area contributed by atoms with E-state index in [1.54, 1.807) is 12.1 Å². The number of nitrogens with zero attached hydrogens (tertiary/aromatic N) is 1. The first-order chi connectivity index (χ1) is 14.7. The summed E-state index contributed by atoms with van der Waals surface area (Å²) in [6, 6.07) is 30.4. The van der Waals surface area contributed by atoms with Crippen molar-refractivity contribution >= 4 is 24.2 Å². The molecule has 0 N–H and O–H groups in total. The lowest BCUT2D eigenvalue weighted by molar-refractivity contribution is 0.0975. The second-order valence-electron chi connectivity index (χ2n) is 8.19. The normalized spacial score (nSPS) is 16.3. The van der Waals surface area contributed by atoms with Gasteiger partial charge < -0.3 is 4.90 Å². The van der Waals surface area contributed by atoms with E-state index in [1.807, 2.05) is 0 Å². The number of halogens is 1. The van der Waals surface area contributed by atoms with Gasteiger partial charge in [0.15, 0.2) is 5.78 Å². The predicted molar refractivity (Wildman–Crippen MR) is 124 cm³/mol. The molecular weight excluding hydrogens is 389 g/mol. The molecule has 0 spiro atoms. The van der Waals surface area contributed by atoms with E-state index in [0.29, 0.717) is 12.0 Å². The van der Waals surface area contributed by atoms with Crippen LogP contribution in [0, 0.1) is 5.82 Å². The quantitative estimate of drug-likeness (QED) is 0.420. The zero-order chi connectivity index (χ0) is 20.8. The summed E-state index contributed by atoms with van der Waals surface area (Å²) in [6.07, 6.45) is 1.36. The minimum absolute atomic E-state index is 0.101. The number of carbonyl (C=O) groups excluding carboxylic acids is 1. The van der Waals surface area contributed by atoms with Crippen LogP contribution in [-0.2, 0) is 0 Å². The number of ketones is 1. The molecule has 0 atom stereocenters. The number of carbonyl (C=O) groups is 1. The lowest BCUT2D eigenvalue weighted by Gasteiger charge is -2.41. The molecule has 0 unspecified atom stereocenters. The average Bonchev–Trinajstić information content (AvgIpc) is 2.81. The van der Waals surface area contributed by atoms with Crippen LogP contribution in [0.1, 0.15) is 23.2 Å². The Morgan fingerprint density at radius 1 is 0.800 bits per heavy atom. The molecule has 3 aromatic carbocycles. The molecule has 4 heteroatoms. The molecule has 154 valence electrons. The van der Waals surface area contributed by atoms with Gasteiger partial charge in [-0.2, -0.15) is 0 Å². The van der Waals surface area contributed by atoms with Gasteiger partial charge in [0, 0.05) is 12.0 Å². The number of hydrogen-bond donors (Lipinski definition) is 0. The lowest BCUT2D eigenvalue weighted by atomic mass is 10.1. The number of hydrogen-bond acceptors (Lipinski definition) is 2. The third kappa shape index (κ3) is 4.60. The van der Waals surface area contributed by atoms with Gasteiger partial charge in [-0.1, -0.05) is 71.0 Å². The van der Waals surface area contributed by atoms with Crippen LogP contribution >= 0.6 is 0 Å². The van der Waals surface area contributed by atoms with Gasteiger partial charge in [0.05, 0.1) is 0 Å². The van der Waals surface area contributed by atoms with Gasteiger partial charge in [-0.05, 0) is 62.4 Å². The Bertz CT molecular complexity index is 910. The highest BCUT2D eigenvalue weighted by molar-refractivity contribution is 7.02. The Balaban J connectivity index is 1.37. The predicted octanol–water partition coefficient (Wildman–Crippen LogP) is 4.37. The van der Waals surface area contributed by atoms with Crippen LogP contribution in [0.4, 0.5) is 4.39 Å². The van der Waals surface area contributed by atoms with Gasteiger partial charge in [-0.15, -0.1) is 0 Å². The Hall–Kier alpha value is -2.56. The molecule has 30 heavy (non-hydrogen) atoms. The third-order valence-electron chi connectivity index (χ3n) is 6.41. The van der Waals surface area contributed by atoms with Gasteiger partial charge >= 0.3 is 0 Å². The van der Waals surface area contributed by atoms with Crippen LogP contribution in [0.25, 0.3) is 0 Å². The smallest absolute Gasteiger partial charge is 0.162 e. The molecule has 2 nitrogen and oxygen atoms in total. The number of benzene rings is 3. The second-order valence-corrected chi connectivity index (χ2v) is 12.5. The van der Waals surface area contributed by atoms with Crippen molar-refractivity contribution in [3.05, 3.63) is 96.3 Å². The van der Waals surface area contributed by atoms with Crippen LogP contribution < -0.4 is 10.4 Å². The molecule has 0 aliphatic carbocycles. The van der Waals surface area contributed by atoms with Crippen molar-refractivity contribution in [2.24, 2.45) is 0 Å². The Morgan fingerprint density at radius 3 is 1.87 bits per heavy atom. The molecule has 1 saturated heterocycles. The van der Waals surface area contributed by atoms with Gasteiger partial charge in [0.25, 0.3) is 0 Å². The van der Waals surface area contributed by atoms with E-state index in [2.05, 4.69) is 65.6 Å². The van der Waals surface area contributed by atoms with Crippen molar-refractivity contribution in [1.82, 2.24) is 4.90 Å². The minimum atomic E-state index is -1.74. The molecule has 0 aromatic heterocycles. The fourth-order valence-electron chi connectivity index (χ4n) is 4.66. The monoisotopic (exact) mass is 417 g/mol. The molecule has 4 rings (SSSR count). The highest BCUT2D eigenvalue weighted by atomic mass is 28.3. The highest BCUT2D eigenvalue weighted by Crippen LogP contribution is 2.23. The first-order valence-corrected chi connectivity index (χ1v) is 13.2. The standard InChI is InChI=1S/C26H28FNOSi/c27-23-15-13-22(14-16-23)26(29)12-7-17-28-18-20-30(21-19-28,24-8-3-1-4-9-24)25-10-5-2-6-11-25/h1-6,8-11,13-16H,7,12,17-21H2. The molecule has 0 saturated carbocycles. The van der Waals surface area contributed by atoms with Crippen molar-refractivity contribution < 1.29 is 9.18 Å². The van der Waals surface area contributed by atoms with Gasteiger partial charge in [-0.3, -0.25) is 4.79 Å². The van der Waals surface area contributed by atoms with Crippen LogP contribution in [0.3, 0.4) is 0 Å². The Morgan fingerprint density at radius 2 is 1.33 bits per heavy atom. The third-order valence-corrected chi connectivity index (χ3v) is 11.4. The minimum Gasteiger partial charge on any atom is -0.304 e. The van der Waals surface area contributed by atoms with E-state index in [0.717, 1.165) is 26.1 Å². The van der Waals surface area contributed by atoms with E-state index in [9.17, 15) is 9.18 Å². The van der Waals surface area contributed by atoms with Gasteiger partial charge in [0.2, 0.25) is 0 Å². The van der Waals surface area contributed by atoms with E-state index in [-0.39, 0.29) is 11.6 Å². The van der Waals surface area contributed by atoms with Crippen molar-refractivity contribution in [2.45, 2.75) is 24.9 Å². The molecule has 1 aliphatic rings. The summed E-state index contributed by atoms with van der Waals surface area (Å²) >= 11 is 0. The molecule has 3 aromatic rings. The topological polar surface area (TPSA) is 20.3 Å². The fraction of sp³-hybridized carbons (Fsp3) is 0.269. The summed E-state index contributed by atoms with van der Waals surface area (Å²) in [5, 5.41) is 3.06. The van der Waals surface area contributed by atoms with E-state index in [4.69, 9.17) is 0 Å². The molecule has 1 aliphatic heterocycles. The summed E-state index contributed by atoms with van der Waals surface area (Å²) in [5.74, 6) is -0.200. The maximum atomic E-state index is 13.0. The summed E-state index contributed by atoms with van der Waals surface area (Å²) < 4.78 is 13.0. The van der Waals surface area contributed by atoms with Crippen molar-refractivity contribution in [3.63, 3.8) is 0 Å². The molecule has 0 bridgehead atoms. The van der Waals surface area contributed by atoms with Gasteiger partial charge in [-0.25, -0.2) is 4.39 Å². The summed E-state index contributed by atoms with van der Waals surface area (Å²) in [6.45, 7) is 3.11. The highest BCUT2D eigenvalue weighted by Gasteiger charge is 2.39. The SMILES string of the molecule is O=C(CCCN1CC[Si](c2ccccc2)(c2ccccc2)CC1)c1ccc(F)cc1. The Labute approximate surface area is 179 Å². The first-order valence-electron chi connectivity index (χ1n) is 10.8. The average molecular weight is 418 g/mol. The summed E-state index contributed by atoms with van der Waals surface area (Å²) in [7, 11) is -1.74. The van der Waals surface area contributed by atoms with Crippen LogP contribution in [-0.4, -0.2) is 38.4 Å². The number of Topliss-reactive ketones (excluding diaryl/α,β-unsaturated/α-hetero) is 1. The number of rotatable bonds is 7. The van der Waals surface area contributed by atoms with Crippen LogP contribution in [0.5, 0.6) is 0 Å². The van der Waals surface area contributed by atoms with Crippen molar-refractivity contribution in [2.75, 3.05) is 19.6 Å². The molecule has 0 radical (unpaired) electrons. The van der Waals surface area contributed by atoms with Gasteiger partial charge in [0.1, 0.15) is 13.9 Å². The molecule has 1 fully saturated rings. The molecular formula is C26H28FNOSi. The maximum Gasteiger partial charge on any atom is 0.162 e. The molecule has 0 amide bonds. The zero-order valence-corrected chi connectivity index (χ0v) is 18.3. The zero-order valence-electron chi connectivity index (χ0n) is 17.3. The molecule has 1 heterocycles. The largest absolute Gasteiger partial charge is 0.304 e. The lowest BCUT2D eigenvalue weighted by Crippen LogP contribution is -2.63. The van der Waals surface area contributed by atoms with Crippen molar-refractivity contribution in [1.29, 1.82) is 0 Å². The van der Waals surface area contributed by atoms with E-state index < -0.39 is 8.07 Å². The van der Waals surface area contributed by atoms with E-state index in [1.165, 1.54) is 34.6 Å².